The molecule has 3 aromatic carbocycles. The highest BCUT2D eigenvalue weighted by molar-refractivity contribution is 6.42. The summed E-state index contributed by atoms with van der Waals surface area (Å²) in [4.78, 5) is 25.9. The normalized spacial score (nSPS) is 11.5. The molecular weight excluding hydrogens is 447 g/mol. The molecule has 1 amide bonds. The van der Waals surface area contributed by atoms with Crippen molar-refractivity contribution in [3.05, 3.63) is 110 Å². The molecule has 0 aliphatic heterocycles. The number of carbonyl (C=O) groups excluding carboxylic acids is 1. The number of halogens is 2. The highest BCUT2D eigenvalue weighted by atomic mass is 35.5. The molecule has 0 unspecified atom stereocenters. The number of hydrogen-bond acceptors (Lipinski definition) is 4. The molecule has 4 aromatic rings. The Morgan fingerprint density at radius 3 is 2.38 bits per heavy atom. The summed E-state index contributed by atoms with van der Waals surface area (Å²) in [5.74, 6) is -0.526. The van der Waals surface area contributed by atoms with Crippen LogP contribution in [0.2, 0.25) is 10.0 Å². The summed E-state index contributed by atoms with van der Waals surface area (Å²) in [7, 11) is 0. The van der Waals surface area contributed by atoms with Gasteiger partial charge in [-0.3, -0.25) is 9.59 Å². The number of nitrogens with one attached hydrogen (secondary N) is 1. The molecule has 6 nitrogen and oxygen atoms in total. The van der Waals surface area contributed by atoms with Crippen LogP contribution in [0.4, 0.5) is 0 Å². The van der Waals surface area contributed by atoms with E-state index >= 15 is 0 Å². The molecule has 1 heterocycles. The number of benzene rings is 3. The molecule has 1 aromatic heterocycles. The van der Waals surface area contributed by atoms with E-state index in [1.54, 1.807) is 49.4 Å². The first-order chi connectivity index (χ1) is 15.4. The van der Waals surface area contributed by atoms with Crippen LogP contribution in [0.5, 0.6) is 0 Å². The van der Waals surface area contributed by atoms with Gasteiger partial charge in [-0.05, 0) is 36.2 Å². The Morgan fingerprint density at radius 1 is 0.969 bits per heavy atom. The second kappa shape index (κ2) is 9.34. The van der Waals surface area contributed by atoms with E-state index in [0.29, 0.717) is 32.1 Å². The number of hydrazone groups is 1. The van der Waals surface area contributed by atoms with E-state index in [2.05, 4.69) is 15.6 Å². The maximum atomic E-state index is 13.0. The van der Waals surface area contributed by atoms with Gasteiger partial charge in [0.25, 0.3) is 11.5 Å². The van der Waals surface area contributed by atoms with Gasteiger partial charge in [-0.1, -0.05) is 77.8 Å². The van der Waals surface area contributed by atoms with E-state index in [-0.39, 0.29) is 17.8 Å². The molecule has 0 saturated heterocycles. The minimum absolute atomic E-state index is 0.113. The Balaban J connectivity index is 1.69. The third kappa shape index (κ3) is 4.56. The summed E-state index contributed by atoms with van der Waals surface area (Å²) in [6, 6.07) is 21.4. The molecule has 0 radical (unpaired) electrons. The van der Waals surface area contributed by atoms with Crippen LogP contribution < -0.4 is 11.0 Å². The summed E-state index contributed by atoms with van der Waals surface area (Å²) in [6.45, 7) is 1.98. The summed E-state index contributed by atoms with van der Waals surface area (Å²) in [5, 5.41) is 10.2. The first-order valence-electron chi connectivity index (χ1n) is 9.78. The summed E-state index contributed by atoms with van der Waals surface area (Å²) in [6.07, 6.45) is 0. The molecule has 0 bridgehead atoms. The average molecular weight is 465 g/mol. The smallest absolute Gasteiger partial charge is 0.267 e. The zero-order valence-electron chi connectivity index (χ0n) is 17.0. The van der Waals surface area contributed by atoms with Gasteiger partial charge in [0, 0.05) is 5.39 Å². The molecule has 0 aliphatic rings. The average Bonchev–Trinajstić information content (AvgIpc) is 2.81. The Bertz CT molecular complexity index is 1400. The molecule has 0 atom stereocenters. The van der Waals surface area contributed by atoms with Crippen LogP contribution in [0, 0.1) is 0 Å². The van der Waals surface area contributed by atoms with Gasteiger partial charge in [0.05, 0.1) is 27.7 Å². The maximum absolute atomic E-state index is 13.0. The minimum Gasteiger partial charge on any atom is -0.267 e. The lowest BCUT2D eigenvalue weighted by atomic mass is 10.1. The Morgan fingerprint density at radius 2 is 1.66 bits per heavy atom. The van der Waals surface area contributed by atoms with Gasteiger partial charge < -0.3 is 0 Å². The maximum Gasteiger partial charge on any atom is 0.292 e. The van der Waals surface area contributed by atoms with Gasteiger partial charge in [0.1, 0.15) is 0 Å². The predicted octanol–water partition coefficient (Wildman–Crippen LogP) is 4.91. The number of aromatic nitrogens is 2. The topological polar surface area (TPSA) is 76.3 Å². The quantitative estimate of drug-likeness (QED) is 0.336. The molecule has 0 aliphatic carbocycles. The van der Waals surface area contributed by atoms with Gasteiger partial charge in [-0.25, -0.2) is 10.1 Å². The second-order valence-electron chi connectivity index (χ2n) is 7.11. The van der Waals surface area contributed by atoms with Crippen LogP contribution in [-0.4, -0.2) is 21.4 Å². The Hall–Kier alpha value is -3.48. The van der Waals surface area contributed by atoms with Crippen LogP contribution in [-0.2, 0) is 6.54 Å². The van der Waals surface area contributed by atoms with Crippen molar-refractivity contribution in [1.82, 2.24) is 15.2 Å². The molecule has 1 N–H and O–H groups in total. The summed E-state index contributed by atoms with van der Waals surface area (Å²) < 4.78 is 1.29. The van der Waals surface area contributed by atoms with Crippen LogP contribution in [0.3, 0.4) is 0 Å². The fourth-order valence-corrected chi connectivity index (χ4v) is 3.54. The van der Waals surface area contributed by atoms with E-state index in [1.807, 2.05) is 30.3 Å². The van der Waals surface area contributed by atoms with E-state index in [1.165, 1.54) is 4.68 Å². The van der Waals surface area contributed by atoms with Crippen LogP contribution in [0.25, 0.3) is 10.8 Å². The van der Waals surface area contributed by atoms with Gasteiger partial charge in [-0.15, -0.1) is 0 Å². The van der Waals surface area contributed by atoms with Crippen molar-refractivity contribution in [2.75, 3.05) is 0 Å². The van der Waals surface area contributed by atoms with E-state index in [4.69, 9.17) is 23.2 Å². The van der Waals surface area contributed by atoms with E-state index in [9.17, 15) is 9.59 Å². The first-order valence-corrected chi connectivity index (χ1v) is 10.5. The molecule has 0 fully saturated rings. The van der Waals surface area contributed by atoms with Crippen molar-refractivity contribution in [2.24, 2.45) is 5.10 Å². The third-order valence-corrected chi connectivity index (χ3v) is 5.66. The zero-order valence-corrected chi connectivity index (χ0v) is 18.6. The van der Waals surface area contributed by atoms with Crippen molar-refractivity contribution < 1.29 is 4.79 Å². The first kappa shape index (κ1) is 21.7. The molecule has 32 heavy (non-hydrogen) atoms. The summed E-state index contributed by atoms with van der Waals surface area (Å²) in [5.41, 5.74) is 4.53. The number of amides is 1. The monoisotopic (exact) mass is 464 g/mol. The van der Waals surface area contributed by atoms with Gasteiger partial charge in [-0.2, -0.15) is 10.2 Å². The van der Waals surface area contributed by atoms with Crippen LogP contribution >= 0.6 is 23.2 Å². The van der Waals surface area contributed by atoms with Crippen LogP contribution in [0.1, 0.15) is 28.5 Å². The van der Waals surface area contributed by atoms with Gasteiger partial charge >= 0.3 is 0 Å². The van der Waals surface area contributed by atoms with Crippen molar-refractivity contribution in [1.29, 1.82) is 0 Å². The largest absolute Gasteiger partial charge is 0.292 e. The number of rotatable bonds is 5. The highest BCUT2D eigenvalue weighted by Gasteiger charge is 2.17. The van der Waals surface area contributed by atoms with E-state index in [0.717, 1.165) is 5.56 Å². The highest BCUT2D eigenvalue weighted by Crippen LogP contribution is 2.23. The van der Waals surface area contributed by atoms with Crippen molar-refractivity contribution >= 4 is 45.6 Å². The van der Waals surface area contributed by atoms with Crippen LogP contribution in [0.15, 0.2) is 82.7 Å². The molecule has 160 valence electrons. The Labute approximate surface area is 194 Å². The zero-order chi connectivity index (χ0) is 22.7. The minimum atomic E-state index is -0.526. The molecule has 8 heteroatoms. The lowest BCUT2D eigenvalue weighted by Crippen LogP contribution is -2.29. The number of fused-ring (bicyclic) bond motifs is 1. The van der Waals surface area contributed by atoms with Crippen molar-refractivity contribution in [3.8, 4) is 0 Å². The lowest BCUT2D eigenvalue weighted by Gasteiger charge is -2.11. The summed E-state index contributed by atoms with van der Waals surface area (Å²) >= 11 is 12.0. The molecule has 0 spiro atoms. The molecule has 4 rings (SSSR count). The predicted molar refractivity (Wildman–Crippen MR) is 128 cm³/mol. The van der Waals surface area contributed by atoms with Gasteiger partial charge in [0.15, 0.2) is 5.69 Å². The Kier molecular flexibility index (Phi) is 6.35. The van der Waals surface area contributed by atoms with Crippen molar-refractivity contribution in [2.45, 2.75) is 13.5 Å². The molecule has 0 saturated carbocycles. The van der Waals surface area contributed by atoms with Gasteiger partial charge in [0.2, 0.25) is 0 Å². The van der Waals surface area contributed by atoms with E-state index < -0.39 is 5.91 Å². The number of hydrogen-bond donors (Lipinski definition) is 1. The number of carbonyl (C=O) groups is 1. The third-order valence-electron chi connectivity index (χ3n) is 4.92. The fourth-order valence-electron chi connectivity index (χ4n) is 3.24. The standard InChI is InChI=1S/C24H18Cl2N4O2/c1-15(17-11-12-20(25)21(26)13-17)27-28-23(31)22-18-9-5-6-10-19(18)24(32)30(29-22)14-16-7-3-2-4-8-16/h2-13H,14H2,1H3,(H,28,31). The second-order valence-corrected chi connectivity index (χ2v) is 7.92. The SMILES string of the molecule is CC(=NNC(=O)c1nn(Cc2ccccc2)c(=O)c2ccccc12)c1ccc(Cl)c(Cl)c1. The fraction of sp³-hybridized carbons (Fsp3) is 0.0833. The van der Waals surface area contributed by atoms with Crippen molar-refractivity contribution in [3.63, 3.8) is 0 Å². The lowest BCUT2D eigenvalue weighted by molar-refractivity contribution is 0.0949. The number of nitrogens with zero attached hydrogens (tertiary/aromatic N) is 3. The molecular formula is C24H18Cl2N4O2.